The molecular weight excluding hydrogens is 1060 g/mol. The van der Waals surface area contributed by atoms with Gasteiger partial charge in [-0.1, -0.05) is 270 Å². The number of unbranched alkanes of at least 4 members (excludes halogenated alkanes) is 30. The highest BCUT2D eigenvalue weighted by molar-refractivity contribution is 9.48. The van der Waals surface area contributed by atoms with Gasteiger partial charge >= 0.3 is 17.6 Å². The molecule has 70 heavy (non-hydrogen) atoms. The Hall–Kier alpha value is 2.99. The van der Waals surface area contributed by atoms with E-state index in [2.05, 4.69) is 55.4 Å². The summed E-state index contributed by atoms with van der Waals surface area (Å²) < 4.78 is 41.2. The van der Waals surface area contributed by atoms with Gasteiger partial charge in [0.15, 0.2) is 0 Å². The molecule has 0 rings (SSSR count). The van der Waals surface area contributed by atoms with Gasteiger partial charge < -0.3 is 26.6 Å². The normalized spacial score (nSPS) is 13.2. The fourth-order valence-electron chi connectivity index (χ4n) is 8.25. The van der Waals surface area contributed by atoms with Crippen molar-refractivity contribution in [2.75, 3.05) is 39.6 Å². The minimum atomic E-state index is -2.84. The first-order valence-electron chi connectivity index (χ1n) is 29.5. The molecule has 0 fully saturated rings. The van der Waals surface area contributed by atoms with Gasteiger partial charge in [-0.05, 0) is 97.5 Å². The Kier molecular flexibility index (Phi) is 60.6. The van der Waals surface area contributed by atoms with Crippen molar-refractivity contribution in [3.8, 4) is 0 Å². The van der Waals surface area contributed by atoms with E-state index in [9.17, 15) is 0 Å². The zero-order valence-corrected chi connectivity index (χ0v) is 55.5. The molecule has 2 atom stereocenters. The molecule has 0 spiro atoms. The fraction of sp³-hybridized carbons (Fsp3) is 1.00. The van der Waals surface area contributed by atoms with E-state index in [1.165, 1.54) is 193 Å². The number of rotatable bonds is 61. The van der Waals surface area contributed by atoms with Crippen LogP contribution >= 0.6 is 80.5 Å². The van der Waals surface area contributed by atoms with Crippen LogP contribution < -0.4 is 0 Å². The minimum Gasteiger partial charge on any atom is -0.373 e. The zero-order chi connectivity index (χ0) is 51.2. The second-order valence-corrected chi connectivity index (χ2v) is 38.7. The highest BCUT2D eigenvalue weighted by Gasteiger charge is 2.44. The van der Waals surface area contributed by atoms with Crippen molar-refractivity contribution in [2.45, 2.75) is 309 Å². The fourth-order valence-corrected chi connectivity index (χ4v) is 33.6. The lowest BCUT2D eigenvalue weighted by Gasteiger charge is -2.32. The molecule has 6 nitrogen and oxygen atoms in total. The minimum absolute atomic E-state index is 0.381. The van der Waals surface area contributed by atoms with Gasteiger partial charge in [0.1, 0.15) is 0 Å². The Morgan fingerprint density at radius 1 is 0.243 bits per heavy atom. The van der Waals surface area contributed by atoms with E-state index in [-0.39, 0.29) is 0 Å². The van der Waals surface area contributed by atoms with Crippen LogP contribution in [0.5, 0.6) is 0 Å². The molecule has 0 amide bonds. The molecule has 0 heterocycles. The van der Waals surface area contributed by atoms with Crippen molar-refractivity contribution < 1.29 is 26.6 Å². The molecule has 0 saturated carbocycles. The van der Waals surface area contributed by atoms with Crippen molar-refractivity contribution in [1.29, 1.82) is 0 Å². The average Bonchev–Trinajstić information content (AvgIpc) is 3.35. The van der Waals surface area contributed by atoms with Crippen LogP contribution in [0, 0.1) is 0 Å². The third-order valence-electron chi connectivity index (χ3n) is 12.5. The summed E-state index contributed by atoms with van der Waals surface area (Å²) >= 11 is 0. The molecule has 0 aliphatic rings. The van der Waals surface area contributed by atoms with Gasteiger partial charge in [-0.2, -0.15) is 0 Å². The van der Waals surface area contributed by atoms with E-state index in [4.69, 9.17) is 26.6 Å². The van der Waals surface area contributed by atoms with E-state index >= 15 is 0 Å². The lowest BCUT2D eigenvalue weighted by atomic mass is 10.1. The van der Waals surface area contributed by atoms with E-state index in [0.717, 1.165) is 90.3 Å². The topological polar surface area (TPSA) is 55.4 Å². The molecule has 2 unspecified atom stereocenters. The van der Waals surface area contributed by atoms with Crippen LogP contribution in [-0.2, 0) is 26.6 Å². The second kappa shape index (κ2) is 58.1. The Balaban J connectivity index is 5.36. The van der Waals surface area contributed by atoms with Gasteiger partial charge in [-0.15, -0.1) is 0 Å². The van der Waals surface area contributed by atoms with Crippen molar-refractivity contribution in [3.63, 3.8) is 0 Å². The Morgan fingerprint density at radius 3 is 0.614 bits per heavy atom. The van der Waals surface area contributed by atoms with Crippen LogP contribution in [0.3, 0.4) is 0 Å². The maximum atomic E-state index is 6.87. The maximum absolute atomic E-state index is 6.87. The summed E-state index contributed by atoms with van der Waals surface area (Å²) in [6.45, 7) is 23.0. The maximum Gasteiger partial charge on any atom is 0.502 e. The van der Waals surface area contributed by atoms with Crippen LogP contribution in [0.1, 0.15) is 287 Å². The summed E-state index contributed by atoms with van der Waals surface area (Å²) in [7, 11) is 9.52. The molecule has 422 valence electrons. The van der Waals surface area contributed by atoms with Gasteiger partial charge in [0, 0.05) is 62.2 Å². The van der Waals surface area contributed by atoms with E-state index < -0.39 is 17.6 Å². The smallest absolute Gasteiger partial charge is 0.373 e. The highest BCUT2D eigenvalue weighted by atomic mass is 34.0. The van der Waals surface area contributed by atoms with Crippen LogP contribution in [0.4, 0.5) is 0 Å². The second-order valence-electron chi connectivity index (χ2n) is 19.7. The lowest BCUT2D eigenvalue weighted by molar-refractivity contribution is 0.0547. The van der Waals surface area contributed by atoms with E-state index in [1.807, 2.05) is 80.5 Å². The van der Waals surface area contributed by atoms with Crippen LogP contribution in [0.25, 0.3) is 0 Å². The third kappa shape index (κ3) is 49.3. The van der Waals surface area contributed by atoms with Crippen molar-refractivity contribution >= 4 is 98.2 Å². The first-order chi connectivity index (χ1) is 34.4. The Labute approximate surface area is 469 Å². The van der Waals surface area contributed by atoms with Crippen LogP contribution in [0.15, 0.2) is 0 Å². The molecule has 0 aromatic heterocycles. The number of hydrogen-bond acceptors (Lipinski definition) is 14. The summed E-state index contributed by atoms with van der Waals surface area (Å²) in [5.74, 6) is 0. The summed E-state index contributed by atoms with van der Waals surface area (Å²) in [6.07, 6.45) is 45.5. The summed E-state index contributed by atoms with van der Waals surface area (Å²) in [5.41, 5.74) is 0. The van der Waals surface area contributed by atoms with Gasteiger partial charge in [0.25, 0.3) is 0 Å². The largest absolute Gasteiger partial charge is 0.502 e. The van der Waals surface area contributed by atoms with Gasteiger partial charge in [0.05, 0.1) is 0 Å². The predicted octanol–water partition coefficient (Wildman–Crippen LogP) is 23.2. The molecule has 0 aliphatic carbocycles. The standard InChI is InChI=1S/C54H114O6S8Si2/c1-9-15-21-27-33-39-45-55-69(56-46-40-34-28-22-16-10-2,57-47-41-35-29-23-17-11-3)51-53(7)61-63-65-67-68-66-64-62-54(8)52-70(58-48-42-36-30-24-18-12-4,59-49-43-37-31-25-19-13-5)60-50-44-38-32-26-20-14-6/h53-54H,9-52H2,1-8H3. The molecule has 0 saturated heterocycles. The molecule has 0 radical (unpaired) electrons. The predicted molar refractivity (Wildman–Crippen MR) is 337 cm³/mol. The highest BCUT2D eigenvalue weighted by Crippen LogP contribution is 2.58. The molecule has 0 bridgehead atoms. The number of hydrogen-bond donors (Lipinski definition) is 0. The summed E-state index contributed by atoms with van der Waals surface area (Å²) in [5, 5.41) is 0.761. The summed E-state index contributed by atoms with van der Waals surface area (Å²) in [6, 6.07) is 1.75. The SMILES string of the molecule is CCCCCCCCO[Si](CC(C)SSSSSSSSC(C)C[Si](OCCCCCCCC)(OCCCCCCCC)OCCCCCCCC)(OCCCCCCCC)OCCCCCCCC. The Morgan fingerprint density at radius 2 is 0.414 bits per heavy atom. The van der Waals surface area contributed by atoms with Crippen LogP contribution in [0.2, 0.25) is 12.1 Å². The Bertz CT molecular complexity index is 855. The van der Waals surface area contributed by atoms with Crippen LogP contribution in [-0.4, -0.2) is 67.8 Å². The monoisotopic (exact) mass is 1170 g/mol. The van der Waals surface area contributed by atoms with E-state index in [1.54, 1.807) is 0 Å². The van der Waals surface area contributed by atoms with Gasteiger partial charge in [-0.3, -0.25) is 0 Å². The van der Waals surface area contributed by atoms with Gasteiger partial charge in [-0.25, -0.2) is 0 Å². The quantitative estimate of drug-likeness (QED) is 0.0330. The van der Waals surface area contributed by atoms with Crippen molar-refractivity contribution in [1.82, 2.24) is 0 Å². The first-order valence-corrected chi connectivity index (χ1v) is 43.7. The average molecular weight is 1170 g/mol. The zero-order valence-electron chi connectivity index (χ0n) is 47.0. The lowest BCUT2D eigenvalue weighted by Crippen LogP contribution is -2.48. The first kappa shape index (κ1) is 73.0. The molecular formula is C54H114O6S8Si2. The van der Waals surface area contributed by atoms with E-state index in [0.29, 0.717) is 10.5 Å². The molecule has 0 aromatic rings. The summed E-state index contributed by atoms with van der Waals surface area (Å²) in [4.78, 5) is 0. The van der Waals surface area contributed by atoms with Crippen molar-refractivity contribution in [2.24, 2.45) is 0 Å². The van der Waals surface area contributed by atoms with Crippen molar-refractivity contribution in [3.05, 3.63) is 0 Å². The van der Waals surface area contributed by atoms with Gasteiger partial charge in [0.2, 0.25) is 0 Å². The molecule has 16 heteroatoms. The molecule has 0 aromatic carbocycles. The molecule has 0 aliphatic heterocycles. The molecule has 0 N–H and O–H groups in total. The third-order valence-corrected chi connectivity index (χ3v) is 35.3.